The molecule has 3 heteroatoms. The van der Waals surface area contributed by atoms with Gasteiger partial charge in [0.25, 0.3) is 0 Å². The van der Waals surface area contributed by atoms with Crippen LogP contribution in [0.4, 0.5) is 0 Å². The van der Waals surface area contributed by atoms with E-state index < -0.39 is 0 Å². The van der Waals surface area contributed by atoms with Crippen LogP contribution in [-0.4, -0.2) is 12.5 Å². The van der Waals surface area contributed by atoms with Crippen LogP contribution in [0.5, 0.6) is 0 Å². The highest BCUT2D eigenvalue weighted by Gasteiger charge is 2.10. The van der Waals surface area contributed by atoms with Crippen LogP contribution in [0.15, 0.2) is 65.7 Å². The number of aliphatic imine (C=N–C) groups is 1. The van der Waals surface area contributed by atoms with E-state index in [4.69, 9.17) is 11.5 Å². The fourth-order valence-corrected chi connectivity index (χ4v) is 2.55. The molecule has 0 bridgehead atoms. The molecule has 0 unspecified atom stereocenters. The predicted molar refractivity (Wildman–Crippen MR) is 89.1 cm³/mol. The Labute approximate surface area is 126 Å². The van der Waals surface area contributed by atoms with Gasteiger partial charge in [0.2, 0.25) is 0 Å². The Hall–Kier alpha value is -2.29. The number of hydrogen-bond donors (Lipinski definition) is 2. The lowest BCUT2D eigenvalue weighted by Crippen LogP contribution is -2.23. The summed E-state index contributed by atoms with van der Waals surface area (Å²) in [6, 6.07) is 21.2. The molecule has 0 heterocycles. The van der Waals surface area contributed by atoms with Crippen molar-refractivity contribution in [2.24, 2.45) is 22.4 Å². The average molecular weight is 281 g/mol. The molecule has 3 nitrogen and oxygen atoms in total. The molecule has 0 aromatic heterocycles. The maximum absolute atomic E-state index is 5.41. The summed E-state index contributed by atoms with van der Waals surface area (Å²) in [5.74, 6) is 0.714. The normalized spacial score (nSPS) is 10.5. The highest BCUT2D eigenvalue weighted by molar-refractivity contribution is 5.75. The van der Waals surface area contributed by atoms with Crippen molar-refractivity contribution in [1.29, 1.82) is 0 Å². The molecule has 0 aliphatic carbocycles. The molecular formula is C18H23N3. The van der Waals surface area contributed by atoms with Gasteiger partial charge in [0.15, 0.2) is 5.96 Å². The van der Waals surface area contributed by atoms with Crippen molar-refractivity contribution in [1.82, 2.24) is 0 Å². The van der Waals surface area contributed by atoms with Crippen LogP contribution in [0.25, 0.3) is 0 Å². The molecule has 21 heavy (non-hydrogen) atoms. The molecule has 0 fully saturated rings. The molecule has 0 saturated heterocycles. The van der Waals surface area contributed by atoms with Gasteiger partial charge in [-0.15, -0.1) is 0 Å². The zero-order valence-electron chi connectivity index (χ0n) is 12.3. The summed E-state index contributed by atoms with van der Waals surface area (Å²) in [6.45, 7) is 0.687. The van der Waals surface area contributed by atoms with Gasteiger partial charge in [0, 0.05) is 6.54 Å². The minimum atomic E-state index is 0.174. The van der Waals surface area contributed by atoms with Gasteiger partial charge in [-0.3, -0.25) is 4.99 Å². The molecular weight excluding hydrogens is 258 g/mol. The second-order valence-corrected chi connectivity index (χ2v) is 5.34. The molecule has 0 radical (unpaired) electrons. The Morgan fingerprint density at radius 2 is 1.29 bits per heavy atom. The van der Waals surface area contributed by atoms with Gasteiger partial charge in [-0.2, -0.15) is 0 Å². The Balaban J connectivity index is 2.01. The first-order valence-corrected chi connectivity index (χ1v) is 7.37. The van der Waals surface area contributed by atoms with Crippen molar-refractivity contribution in [3.63, 3.8) is 0 Å². The number of hydrogen-bond acceptors (Lipinski definition) is 1. The fourth-order valence-electron chi connectivity index (χ4n) is 2.55. The van der Waals surface area contributed by atoms with E-state index >= 15 is 0 Å². The van der Waals surface area contributed by atoms with E-state index in [9.17, 15) is 0 Å². The van der Waals surface area contributed by atoms with Crippen molar-refractivity contribution >= 4 is 5.96 Å². The van der Waals surface area contributed by atoms with E-state index in [-0.39, 0.29) is 5.96 Å². The fraction of sp³-hybridized carbons (Fsp3) is 0.278. The van der Waals surface area contributed by atoms with Gasteiger partial charge in [-0.1, -0.05) is 60.7 Å². The van der Waals surface area contributed by atoms with Gasteiger partial charge in [0.1, 0.15) is 0 Å². The number of nitrogens with two attached hydrogens (primary N) is 2. The number of benzene rings is 2. The summed E-state index contributed by atoms with van der Waals surface area (Å²) in [7, 11) is 0. The summed E-state index contributed by atoms with van der Waals surface area (Å²) in [5.41, 5.74) is 13.6. The van der Waals surface area contributed by atoms with Gasteiger partial charge >= 0.3 is 0 Å². The molecule has 4 N–H and O–H groups in total. The van der Waals surface area contributed by atoms with Gasteiger partial charge in [-0.25, -0.2) is 0 Å². The number of guanidine groups is 1. The number of nitrogens with zero attached hydrogens (tertiary/aromatic N) is 1. The SMILES string of the molecule is NC(N)=NCCC(Cc1ccccc1)Cc1ccccc1. The topological polar surface area (TPSA) is 64.4 Å². The summed E-state index contributed by atoms with van der Waals surface area (Å²) in [6.07, 6.45) is 3.09. The molecule has 0 spiro atoms. The lowest BCUT2D eigenvalue weighted by Gasteiger charge is -2.16. The van der Waals surface area contributed by atoms with Crippen LogP contribution in [0.1, 0.15) is 17.5 Å². The lowest BCUT2D eigenvalue weighted by molar-refractivity contribution is 0.488. The van der Waals surface area contributed by atoms with E-state index in [2.05, 4.69) is 65.7 Å². The summed E-state index contributed by atoms with van der Waals surface area (Å²) in [4.78, 5) is 4.12. The largest absolute Gasteiger partial charge is 0.370 e. The second-order valence-electron chi connectivity index (χ2n) is 5.34. The first kappa shape index (κ1) is 15.1. The second kappa shape index (κ2) is 8.10. The van der Waals surface area contributed by atoms with Crippen molar-refractivity contribution in [3.8, 4) is 0 Å². The first-order valence-electron chi connectivity index (χ1n) is 7.37. The Bertz CT molecular complexity index is 504. The summed E-state index contributed by atoms with van der Waals surface area (Å²) >= 11 is 0. The lowest BCUT2D eigenvalue weighted by atomic mass is 9.90. The van der Waals surface area contributed by atoms with Crippen LogP contribution >= 0.6 is 0 Å². The Morgan fingerprint density at radius 3 is 1.71 bits per heavy atom. The standard InChI is InChI=1S/C18H23N3/c19-18(20)21-12-11-17(13-15-7-3-1-4-8-15)14-16-9-5-2-6-10-16/h1-10,17H,11-14H2,(H4,19,20,21). The van der Waals surface area contributed by atoms with Crippen LogP contribution < -0.4 is 11.5 Å². The summed E-state index contributed by atoms with van der Waals surface area (Å²) in [5, 5.41) is 0. The van der Waals surface area contributed by atoms with E-state index in [1.807, 2.05) is 0 Å². The van der Waals surface area contributed by atoms with E-state index in [1.165, 1.54) is 11.1 Å². The van der Waals surface area contributed by atoms with E-state index in [0.29, 0.717) is 12.5 Å². The third-order valence-corrected chi connectivity index (χ3v) is 3.57. The molecule has 0 atom stereocenters. The Kier molecular flexibility index (Phi) is 5.83. The quantitative estimate of drug-likeness (QED) is 0.605. The van der Waals surface area contributed by atoms with E-state index in [1.54, 1.807) is 0 Å². The maximum Gasteiger partial charge on any atom is 0.185 e. The highest BCUT2D eigenvalue weighted by atomic mass is 15.0. The smallest absolute Gasteiger partial charge is 0.185 e. The van der Waals surface area contributed by atoms with Crippen LogP contribution in [0, 0.1) is 5.92 Å². The third kappa shape index (κ3) is 5.69. The zero-order valence-corrected chi connectivity index (χ0v) is 12.3. The summed E-state index contributed by atoms with van der Waals surface area (Å²) < 4.78 is 0. The molecule has 2 rings (SSSR count). The van der Waals surface area contributed by atoms with Crippen molar-refractivity contribution in [2.75, 3.05) is 6.54 Å². The van der Waals surface area contributed by atoms with Crippen molar-refractivity contribution in [3.05, 3.63) is 71.8 Å². The third-order valence-electron chi connectivity index (χ3n) is 3.57. The van der Waals surface area contributed by atoms with Gasteiger partial charge in [-0.05, 0) is 36.3 Å². The minimum absolute atomic E-state index is 0.174. The predicted octanol–water partition coefficient (Wildman–Crippen LogP) is 2.75. The minimum Gasteiger partial charge on any atom is -0.370 e. The molecule has 0 saturated carbocycles. The maximum atomic E-state index is 5.41. The van der Waals surface area contributed by atoms with Crippen molar-refractivity contribution in [2.45, 2.75) is 19.3 Å². The van der Waals surface area contributed by atoms with Gasteiger partial charge < -0.3 is 11.5 Å². The highest BCUT2D eigenvalue weighted by Crippen LogP contribution is 2.18. The van der Waals surface area contributed by atoms with Crippen LogP contribution in [0.3, 0.4) is 0 Å². The number of rotatable bonds is 7. The van der Waals surface area contributed by atoms with E-state index in [0.717, 1.165) is 19.3 Å². The zero-order chi connectivity index (χ0) is 14.9. The molecule has 0 aliphatic heterocycles. The average Bonchev–Trinajstić information content (AvgIpc) is 2.49. The van der Waals surface area contributed by atoms with Crippen LogP contribution in [0.2, 0.25) is 0 Å². The van der Waals surface area contributed by atoms with Crippen molar-refractivity contribution < 1.29 is 0 Å². The Morgan fingerprint density at radius 1 is 0.810 bits per heavy atom. The molecule has 0 amide bonds. The molecule has 2 aromatic rings. The van der Waals surface area contributed by atoms with Gasteiger partial charge in [0.05, 0.1) is 0 Å². The monoisotopic (exact) mass is 281 g/mol. The molecule has 2 aromatic carbocycles. The molecule has 110 valence electrons. The first-order chi connectivity index (χ1) is 10.2. The molecule has 0 aliphatic rings. The van der Waals surface area contributed by atoms with Crippen LogP contribution in [-0.2, 0) is 12.8 Å².